The van der Waals surface area contributed by atoms with Crippen LogP contribution in [0.4, 0.5) is 5.82 Å². The normalized spacial score (nSPS) is 10.6. The minimum atomic E-state index is 0.784. The van der Waals surface area contributed by atoms with Gasteiger partial charge in [-0.25, -0.2) is 0 Å². The Morgan fingerprint density at radius 1 is 1.18 bits per heavy atom. The highest BCUT2D eigenvalue weighted by Gasteiger charge is 2.02. The van der Waals surface area contributed by atoms with Gasteiger partial charge in [-0.15, -0.1) is 5.10 Å². The third-order valence-electron chi connectivity index (χ3n) is 2.61. The lowest BCUT2D eigenvalue weighted by Crippen LogP contribution is -2.01. The third kappa shape index (κ3) is 2.12. The highest BCUT2D eigenvalue weighted by molar-refractivity contribution is 7.07. The van der Waals surface area contributed by atoms with Crippen molar-refractivity contribution in [3.63, 3.8) is 0 Å². The summed E-state index contributed by atoms with van der Waals surface area (Å²) in [6.07, 6.45) is 1.78. The van der Waals surface area contributed by atoms with Crippen molar-refractivity contribution < 1.29 is 0 Å². The zero-order valence-corrected chi connectivity index (χ0v) is 9.95. The second-order valence-corrected chi connectivity index (χ2v) is 4.55. The van der Waals surface area contributed by atoms with Gasteiger partial charge in [-0.3, -0.25) is 0 Å². The SMILES string of the molecule is c1ccc2c(NCc3ccsc3)nncc2c1. The van der Waals surface area contributed by atoms with Gasteiger partial charge in [0.1, 0.15) is 0 Å². The van der Waals surface area contributed by atoms with E-state index in [-0.39, 0.29) is 0 Å². The van der Waals surface area contributed by atoms with Gasteiger partial charge in [0.15, 0.2) is 5.82 Å². The molecule has 0 saturated heterocycles. The molecule has 0 spiro atoms. The van der Waals surface area contributed by atoms with Gasteiger partial charge in [0.05, 0.1) is 6.20 Å². The van der Waals surface area contributed by atoms with Crippen LogP contribution in [-0.2, 0) is 6.54 Å². The molecule has 2 heterocycles. The summed E-state index contributed by atoms with van der Waals surface area (Å²) in [6.45, 7) is 0.784. The standard InChI is InChI=1S/C13H11N3S/c1-2-4-12-11(3-1)8-15-16-13(12)14-7-10-5-6-17-9-10/h1-6,8-9H,7H2,(H,14,16). The molecule has 0 radical (unpaired) electrons. The molecular formula is C13H11N3S. The van der Waals surface area contributed by atoms with Crippen molar-refractivity contribution in [2.45, 2.75) is 6.54 Å². The van der Waals surface area contributed by atoms with Crippen LogP contribution >= 0.6 is 11.3 Å². The molecule has 0 fully saturated rings. The molecule has 1 N–H and O–H groups in total. The lowest BCUT2D eigenvalue weighted by Gasteiger charge is -2.06. The first-order chi connectivity index (χ1) is 8.43. The Kier molecular flexibility index (Phi) is 2.71. The summed E-state index contributed by atoms with van der Waals surface area (Å²) >= 11 is 1.70. The molecule has 0 aliphatic carbocycles. The number of hydrogen-bond acceptors (Lipinski definition) is 4. The first kappa shape index (κ1) is 10.2. The predicted octanol–water partition coefficient (Wildman–Crippen LogP) is 3.30. The molecule has 0 aliphatic heterocycles. The summed E-state index contributed by atoms with van der Waals surface area (Å²) in [5.41, 5.74) is 1.27. The average molecular weight is 241 g/mol. The lowest BCUT2D eigenvalue weighted by atomic mass is 10.2. The number of aromatic nitrogens is 2. The van der Waals surface area contributed by atoms with E-state index in [0.717, 1.165) is 23.1 Å². The number of nitrogens with zero attached hydrogens (tertiary/aromatic N) is 2. The summed E-state index contributed by atoms with van der Waals surface area (Å²) in [5.74, 6) is 0.842. The number of rotatable bonds is 3. The second-order valence-electron chi connectivity index (χ2n) is 3.77. The van der Waals surface area contributed by atoms with Gasteiger partial charge >= 0.3 is 0 Å². The van der Waals surface area contributed by atoms with E-state index in [2.05, 4.69) is 38.4 Å². The van der Waals surface area contributed by atoms with E-state index in [9.17, 15) is 0 Å². The fourth-order valence-electron chi connectivity index (χ4n) is 1.74. The maximum atomic E-state index is 4.15. The van der Waals surface area contributed by atoms with Crippen molar-refractivity contribution in [3.05, 3.63) is 52.9 Å². The van der Waals surface area contributed by atoms with E-state index in [4.69, 9.17) is 0 Å². The molecule has 0 aliphatic rings. The summed E-state index contributed by atoms with van der Waals surface area (Å²) < 4.78 is 0. The highest BCUT2D eigenvalue weighted by Crippen LogP contribution is 2.20. The summed E-state index contributed by atoms with van der Waals surface area (Å²) in [4.78, 5) is 0. The van der Waals surface area contributed by atoms with Gasteiger partial charge in [-0.05, 0) is 22.4 Å². The molecule has 3 nitrogen and oxygen atoms in total. The molecule has 84 valence electrons. The molecule has 3 aromatic rings. The van der Waals surface area contributed by atoms with Crippen molar-refractivity contribution in [2.75, 3.05) is 5.32 Å². The summed E-state index contributed by atoms with van der Waals surface area (Å²) in [5, 5.41) is 17.9. The molecule has 0 amide bonds. The van der Waals surface area contributed by atoms with Crippen molar-refractivity contribution in [2.24, 2.45) is 0 Å². The average Bonchev–Trinajstić information content (AvgIpc) is 2.89. The Balaban J connectivity index is 1.90. The van der Waals surface area contributed by atoms with Gasteiger partial charge in [0.25, 0.3) is 0 Å². The monoisotopic (exact) mass is 241 g/mol. The smallest absolute Gasteiger partial charge is 0.156 e. The first-order valence-corrected chi connectivity index (χ1v) is 6.33. The number of nitrogens with one attached hydrogen (secondary N) is 1. The maximum absolute atomic E-state index is 4.15. The van der Waals surface area contributed by atoms with Crippen LogP contribution in [0.15, 0.2) is 47.3 Å². The topological polar surface area (TPSA) is 37.8 Å². The van der Waals surface area contributed by atoms with E-state index in [1.165, 1.54) is 5.56 Å². The number of hydrogen-bond donors (Lipinski definition) is 1. The van der Waals surface area contributed by atoms with Crippen LogP contribution in [-0.4, -0.2) is 10.2 Å². The quantitative estimate of drug-likeness (QED) is 0.764. The lowest BCUT2D eigenvalue weighted by molar-refractivity contribution is 1.02. The number of benzene rings is 1. The molecule has 0 saturated carbocycles. The zero-order valence-electron chi connectivity index (χ0n) is 9.13. The largest absolute Gasteiger partial charge is 0.364 e. The molecule has 0 unspecified atom stereocenters. The van der Waals surface area contributed by atoms with Gasteiger partial charge < -0.3 is 5.32 Å². The van der Waals surface area contributed by atoms with Crippen LogP contribution in [0, 0.1) is 0 Å². The van der Waals surface area contributed by atoms with Crippen LogP contribution in [0.3, 0.4) is 0 Å². The molecule has 0 bridgehead atoms. The fraction of sp³-hybridized carbons (Fsp3) is 0.0769. The molecule has 1 aromatic carbocycles. The molecular weight excluding hydrogens is 230 g/mol. The first-order valence-electron chi connectivity index (χ1n) is 5.39. The van der Waals surface area contributed by atoms with E-state index < -0.39 is 0 Å². The Morgan fingerprint density at radius 3 is 3.00 bits per heavy atom. The minimum absolute atomic E-state index is 0.784. The molecule has 4 heteroatoms. The van der Waals surface area contributed by atoms with Crippen LogP contribution in [0.5, 0.6) is 0 Å². The van der Waals surface area contributed by atoms with Gasteiger partial charge in [-0.1, -0.05) is 24.3 Å². The zero-order chi connectivity index (χ0) is 11.5. The van der Waals surface area contributed by atoms with Gasteiger partial charge in [0, 0.05) is 17.3 Å². The molecule has 3 rings (SSSR count). The summed E-state index contributed by atoms with van der Waals surface area (Å²) in [6, 6.07) is 10.2. The number of anilines is 1. The van der Waals surface area contributed by atoms with Crippen molar-refractivity contribution >= 4 is 27.9 Å². The van der Waals surface area contributed by atoms with Crippen LogP contribution in [0.25, 0.3) is 10.8 Å². The minimum Gasteiger partial charge on any atom is -0.364 e. The van der Waals surface area contributed by atoms with Crippen LogP contribution in [0.1, 0.15) is 5.56 Å². The maximum Gasteiger partial charge on any atom is 0.156 e. The Morgan fingerprint density at radius 2 is 2.12 bits per heavy atom. The van der Waals surface area contributed by atoms with E-state index in [1.54, 1.807) is 17.5 Å². The van der Waals surface area contributed by atoms with Crippen LogP contribution < -0.4 is 5.32 Å². The van der Waals surface area contributed by atoms with Crippen molar-refractivity contribution in [1.82, 2.24) is 10.2 Å². The Bertz CT molecular complexity index is 614. The molecule has 2 aromatic heterocycles. The van der Waals surface area contributed by atoms with E-state index in [0.29, 0.717) is 0 Å². The van der Waals surface area contributed by atoms with E-state index >= 15 is 0 Å². The fourth-order valence-corrected chi connectivity index (χ4v) is 2.41. The Hall–Kier alpha value is -1.94. The van der Waals surface area contributed by atoms with Gasteiger partial charge in [-0.2, -0.15) is 16.4 Å². The molecule has 17 heavy (non-hydrogen) atoms. The van der Waals surface area contributed by atoms with E-state index in [1.807, 2.05) is 18.2 Å². The highest BCUT2D eigenvalue weighted by atomic mass is 32.1. The number of thiophene rings is 1. The number of fused-ring (bicyclic) bond motifs is 1. The van der Waals surface area contributed by atoms with Crippen molar-refractivity contribution in [1.29, 1.82) is 0 Å². The third-order valence-corrected chi connectivity index (χ3v) is 3.34. The Labute approximate surface area is 103 Å². The van der Waals surface area contributed by atoms with Gasteiger partial charge in [0.2, 0.25) is 0 Å². The van der Waals surface area contributed by atoms with Crippen molar-refractivity contribution in [3.8, 4) is 0 Å². The van der Waals surface area contributed by atoms with Crippen LogP contribution in [0.2, 0.25) is 0 Å². The second kappa shape index (κ2) is 4.51. The summed E-state index contributed by atoms with van der Waals surface area (Å²) in [7, 11) is 0. The predicted molar refractivity (Wildman–Crippen MR) is 71.2 cm³/mol. The molecule has 0 atom stereocenters.